The molecule has 0 bridgehead atoms. The lowest BCUT2D eigenvalue weighted by molar-refractivity contribution is 0.0849. The normalized spacial score (nSPS) is 19.1. The summed E-state index contributed by atoms with van der Waals surface area (Å²) in [5.41, 5.74) is 4.05. The second-order valence-electron chi connectivity index (χ2n) is 5.56. The summed E-state index contributed by atoms with van der Waals surface area (Å²) in [5, 5.41) is 19.1. The smallest absolute Gasteiger partial charge is 0.0780 e. The first-order valence-corrected chi connectivity index (χ1v) is 7.96. The Morgan fingerprint density at radius 2 is 2.05 bits per heavy atom. The van der Waals surface area contributed by atoms with E-state index in [1.165, 1.54) is 26.4 Å². The van der Waals surface area contributed by atoms with E-state index in [1.807, 2.05) is 11.3 Å². The zero-order valence-electron chi connectivity index (χ0n) is 11.7. The SMILES string of the molecule is Cc1cc2c(s1)CCc1ccccc1C2CC(O)CO. The fraction of sp³-hybridized carbons (Fsp3) is 0.412. The molecule has 20 heavy (non-hydrogen) atoms. The van der Waals surface area contributed by atoms with Gasteiger partial charge in [-0.1, -0.05) is 24.3 Å². The average Bonchev–Trinajstić information content (AvgIpc) is 2.77. The number of thiophene rings is 1. The molecule has 2 unspecified atom stereocenters. The Hall–Kier alpha value is -1.16. The number of rotatable bonds is 3. The van der Waals surface area contributed by atoms with Gasteiger partial charge in [-0.15, -0.1) is 11.3 Å². The van der Waals surface area contributed by atoms with Gasteiger partial charge in [0.25, 0.3) is 0 Å². The number of aliphatic hydroxyl groups excluding tert-OH is 2. The highest BCUT2D eigenvalue weighted by molar-refractivity contribution is 7.12. The largest absolute Gasteiger partial charge is 0.394 e. The van der Waals surface area contributed by atoms with Crippen molar-refractivity contribution >= 4 is 11.3 Å². The van der Waals surface area contributed by atoms with Gasteiger partial charge in [-0.25, -0.2) is 0 Å². The zero-order chi connectivity index (χ0) is 14.1. The van der Waals surface area contributed by atoms with Crippen LogP contribution in [0, 0.1) is 6.92 Å². The van der Waals surface area contributed by atoms with E-state index in [0.717, 1.165) is 12.8 Å². The van der Waals surface area contributed by atoms with Crippen LogP contribution in [0.5, 0.6) is 0 Å². The van der Waals surface area contributed by atoms with Gasteiger partial charge in [0.2, 0.25) is 0 Å². The molecule has 3 rings (SSSR count). The number of benzene rings is 1. The van der Waals surface area contributed by atoms with Crippen molar-refractivity contribution in [1.82, 2.24) is 0 Å². The molecule has 1 aromatic heterocycles. The van der Waals surface area contributed by atoms with Crippen molar-refractivity contribution in [3.8, 4) is 0 Å². The van der Waals surface area contributed by atoms with E-state index in [1.54, 1.807) is 0 Å². The average molecular weight is 288 g/mol. The summed E-state index contributed by atoms with van der Waals surface area (Å²) in [4.78, 5) is 2.77. The van der Waals surface area contributed by atoms with E-state index in [9.17, 15) is 10.2 Å². The van der Waals surface area contributed by atoms with Crippen LogP contribution in [0.25, 0.3) is 0 Å². The molecule has 0 fully saturated rings. The van der Waals surface area contributed by atoms with Crippen molar-refractivity contribution in [2.75, 3.05) is 6.61 Å². The van der Waals surface area contributed by atoms with Crippen molar-refractivity contribution in [2.24, 2.45) is 0 Å². The molecule has 0 spiro atoms. The van der Waals surface area contributed by atoms with Gasteiger partial charge >= 0.3 is 0 Å². The summed E-state index contributed by atoms with van der Waals surface area (Å²) < 4.78 is 0. The predicted molar refractivity (Wildman–Crippen MR) is 82.5 cm³/mol. The van der Waals surface area contributed by atoms with Crippen LogP contribution in [0.1, 0.15) is 38.8 Å². The molecule has 1 heterocycles. The second kappa shape index (κ2) is 5.68. The molecule has 2 aromatic rings. The lowest BCUT2D eigenvalue weighted by atomic mass is 9.86. The molecule has 0 radical (unpaired) electrons. The van der Waals surface area contributed by atoms with Crippen molar-refractivity contribution in [3.05, 3.63) is 56.8 Å². The monoisotopic (exact) mass is 288 g/mol. The fourth-order valence-corrected chi connectivity index (χ4v) is 4.29. The number of fused-ring (bicyclic) bond motifs is 2. The first-order valence-electron chi connectivity index (χ1n) is 7.15. The van der Waals surface area contributed by atoms with Gasteiger partial charge in [0.1, 0.15) is 0 Å². The van der Waals surface area contributed by atoms with Crippen molar-refractivity contribution in [2.45, 2.75) is 38.2 Å². The highest BCUT2D eigenvalue weighted by atomic mass is 32.1. The molecule has 0 saturated heterocycles. The number of hydrogen-bond donors (Lipinski definition) is 2. The minimum atomic E-state index is -0.654. The number of aryl methyl sites for hydroxylation is 3. The Labute approximate surface area is 123 Å². The van der Waals surface area contributed by atoms with Crippen LogP contribution in [-0.2, 0) is 12.8 Å². The Balaban J connectivity index is 2.08. The van der Waals surface area contributed by atoms with Gasteiger partial charge in [-0.3, -0.25) is 0 Å². The molecular formula is C17H20O2S. The molecule has 0 saturated carbocycles. The topological polar surface area (TPSA) is 40.5 Å². The summed E-state index contributed by atoms with van der Waals surface area (Å²) in [6.07, 6.45) is 2.08. The van der Waals surface area contributed by atoms with Crippen LogP contribution in [0.3, 0.4) is 0 Å². The third kappa shape index (κ3) is 2.53. The van der Waals surface area contributed by atoms with E-state index in [0.29, 0.717) is 6.42 Å². The molecule has 0 aliphatic heterocycles. The van der Waals surface area contributed by atoms with Gasteiger partial charge < -0.3 is 10.2 Å². The molecule has 0 amide bonds. The molecule has 3 heteroatoms. The molecule has 2 nitrogen and oxygen atoms in total. The lowest BCUT2D eigenvalue weighted by Gasteiger charge is -2.21. The third-order valence-electron chi connectivity index (χ3n) is 4.11. The van der Waals surface area contributed by atoms with Crippen LogP contribution >= 0.6 is 11.3 Å². The summed E-state index contributed by atoms with van der Waals surface area (Å²) >= 11 is 1.87. The van der Waals surface area contributed by atoms with Gasteiger partial charge in [0, 0.05) is 15.7 Å². The van der Waals surface area contributed by atoms with Crippen molar-refractivity contribution < 1.29 is 10.2 Å². The first kappa shape index (κ1) is 13.8. The van der Waals surface area contributed by atoms with Gasteiger partial charge in [0.05, 0.1) is 12.7 Å². The summed E-state index contributed by atoms with van der Waals surface area (Å²) in [6, 6.07) is 10.8. The Morgan fingerprint density at radius 3 is 2.85 bits per heavy atom. The maximum Gasteiger partial charge on any atom is 0.0780 e. The maximum absolute atomic E-state index is 9.91. The van der Waals surface area contributed by atoms with Crippen LogP contribution in [0.4, 0.5) is 0 Å². The quantitative estimate of drug-likeness (QED) is 0.911. The van der Waals surface area contributed by atoms with Gasteiger partial charge in [0.15, 0.2) is 0 Å². The van der Waals surface area contributed by atoms with Crippen LogP contribution in [0.15, 0.2) is 30.3 Å². The van der Waals surface area contributed by atoms with E-state index in [2.05, 4.69) is 37.3 Å². The highest BCUT2D eigenvalue weighted by Crippen LogP contribution is 2.40. The summed E-state index contributed by atoms with van der Waals surface area (Å²) in [6.45, 7) is 1.97. The van der Waals surface area contributed by atoms with Crippen LogP contribution < -0.4 is 0 Å². The standard InChI is InChI=1S/C17H20O2S/c1-11-8-16-15(9-13(19)10-18)14-5-3-2-4-12(14)6-7-17(16)20-11/h2-5,8,13,15,18-19H,6-7,9-10H2,1H3. The van der Waals surface area contributed by atoms with E-state index in [4.69, 9.17) is 0 Å². The molecule has 1 aromatic carbocycles. The van der Waals surface area contributed by atoms with E-state index >= 15 is 0 Å². The Bertz CT molecular complexity index is 603. The predicted octanol–water partition coefficient (Wildman–Crippen LogP) is 3.03. The number of aliphatic hydroxyl groups is 2. The fourth-order valence-electron chi connectivity index (χ4n) is 3.19. The number of hydrogen-bond acceptors (Lipinski definition) is 3. The van der Waals surface area contributed by atoms with Crippen molar-refractivity contribution in [3.63, 3.8) is 0 Å². The summed E-state index contributed by atoms with van der Waals surface area (Å²) in [7, 11) is 0. The van der Waals surface area contributed by atoms with Crippen LogP contribution in [-0.4, -0.2) is 22.9 Å². The van der Waals surface area contributed by atoms with Gasteiger partial charge in [-0.05, 0) is 48.9 Å². The molecular weight excluding hydrogens is 268 g/mol. The summed E-state index contributed by atoms with van der Waals surface area (Å²) in [5.74, 6) is 0.204. The first-order chi connectivity index (χ1) is 9.69. The van der Waals surface area contributed by atoms with E-state index < -0.39 is 6.10 Å². The second-order valence-corrected chi connectivity index (χ2v) is 6.90. The molecule has 2 N–H and O–H groups in total. The zero-order valence-corrected chi connectivity index (χ0v) is 12.5. The van der Waals surface area contributed by atoms with Crippen LogP contribution in [0.2, 0.25) is 0 Å². The minimum Gasteiger partial charge on any atom is -0.394 e. The van der Waals surface area contributed by atoms with Gasteiger partial charge in [-0.2, -0.15) is 0 Å². The maximum atomic E-state index is 9.91. The Kier molecular flexibility index (Phi) is 3.92. The molecule has 2 atom stereocenters. The molecule has 106 valence electrons. The van der Waals surface area contributed by atoms with E-state index in [-0.39, 0.29) is 12.5 Å². The highest BCUT2D eigenvalue weighted by Gasteiger charge is 2.26. The van der Waals surface area contributed by atoms with Crippen molar-refractivity contribution in [1.29, 1.82) is 0 Å². The Morgan fingerprint density at radius 1 is 1.25 bits per heavy atom. The molecule has 1 aliphatic rings. The molecule has 1 aliphatic carbocycles. The minimum absolute atomic E-state index is 0.170. The third-order valence-corrected chi connectivity index (χ3v) is 5.24. The lowest BCUT2D eigenvalue weighted by Crippen LogP contribution is -2.17.